The van der Waals surface area contributed by atoms with Gasteiger partial charge in [0.05, 0.1) is 4.83 Å². The van der Waals surface area contributed by atoms with Crippen LogP contribution in [0.15, 0.2) is 42.5 Å². The third-order valence-electron chi connectivity index (χ3n) is 2.86. The average Bonchev–Trinajstić information content (AvgIpc) is 2.33. The summed E-state index contributed by atoms with van der Waals surface area (Å²) in [6, 6.07) is 13.6. The highest BCUT2D eigenvalue weighted by molar-refractivity contribution is 9.09. The molecular weight excluding hydrogens is 279 g/mol. The molecule has 0 aliphatic rings. The summed E-state index contributed by atoms with van der Waals surface area (Å²) in [6.45, 7) is 3.83. The van der Waals surface area contributed by atoms with Gasteiger partial charge in [0.15, 0.2) is 0 Å². The van der Waals surface area contributed by atoms with E-state index in [1.807, 2.05) is 43.3 Å². The van der Waals surface area contributed by atoms with Crippen LogP contribution in [0, 0.1) is 19.7 Å². The van der Waals surface area contributed by atoms with Crippen molar-refractivity contribution in [3.63, 3.8) is 0 Å². The molecule has 0 saturated carbocycles. The third kappa shape index (κ3) is 2.58. The monoisotopic (exact) mass is 292 g/mol. The smallest absolute Gasteiger partial charge is 0.130 e. The van der Waals surface area contributed by atoms with E-state index in [1.54, 1.807) is 13.0 Å². The van der Waals surface area contributed by atoms with Gasteiger partial charge in [-0.25, -0.2) is 4.39 Å². The molecule has 0 aliphatic heterocycles. The minimum absolute atomic E-state index is 0.0944. The Kier molecular flexibility index (Phi) is 3.63. The molecular formula is C15H14BrF. The summed E-state index contributed by atoms with van der Waals surface area (Å²) in [5, 5.41) is 0. The molecule has 0 bridgehead atoms. The summed E-state index contributed by atoms with van der Waals surface area (Å²) in [5.41, 5.74) is 3.64. The molecule has 0 spiro atoms. The van der Waals surface area contributed by atoms with Crippen LogP contribution in [0.1, 0.15) is 27.1 Å². The van der Waals surface area contributed by atoms with Crippen LogP contribution in [0.2, 0.25) is 0 Å². The Morgan fingerprint density at radius 2 is 1.65 bits per heavy atom. The molecule has 0 radical (unpaired) electrons. The molecule has 0 fully saturated rings. The SMILES string of the molecule is Cc1ccc(C(Br)c2cccc(C)c2F)cc1. The van der Waals surface area contributed by atoms with Crippen LogP contribution < -0.4 is 0 Å². The van der Waals surface area contributed by atoms with E-state index in [4.69, 9.17) is 0 Å². The second-order valence-electron chi connectivity index (χ2n) is 4.25. The number of rotatable bonds is 2. The van der Waals surface area contributed by atoms with Gasteiger partial charge >= 0.3 is 0 Å². The van der Waals surface area contributed by atoms with E-state index >= 15 is 0 Å². The summed E-state index contributed by atoms with van der Waals surface area (Å²) in [6.07, 6.45) is 0. The molecule has 1 atom stereocenters. The molecule has 2 aromatic rings. The van der Waals surface area contributed by atoms with Crippen molar-refractivity contribution in [3.05, 3.63) is 70.5 Å². The highest BCUT2D eigenvalue weighted by Gasteiger charge is 2.15. The van der Waals surface area contributed by atoms with Crippen LogP contribution in [0.4, 0.5) is 4.39 Å². The maximum absolute atomic E-state index is 14.0. The van der Waals surface area contributed by atoms with Crippen LogP contribution in [0.25, 0.3) is 0 Å². The minimum atomic E-state index is -0.130. The largest absolute Gasteiger partial charge is 0.206 e. The predicted octanol–water partition coefficient (Wildman–Crippen LogP) is 4.93. The second-order valence-corrected chi connectivity index (χ2v) is 5.17. The maximum Gasteiger partial charge on any atom is 0.130 e. The van der Waals surface area contributed by atoms with Crippen LogP contribution >= 0.6 is 15.9 Å². The summed E-state index contributed by atoms with van der Waals surface area (Å²) in [7, 11) is 0. The van der Waals surface area contributed by atoms with Crippen molar-refractivity contribution in [1.29, 1.82) is 0 Å². The summed E-state index contributed by atoms with van der Waals surface area (Å²) in [4.78, 5) is -0.0944. The van der Waals surface area contributed by atoms with Crippen LogP contribution in [-0.2, 0) is 0 Å². The first-order valence-electron chi connectivity index (χ1n) is 5.55. The molecule has 2 rings (SSSR count). The molecule has 0 N–H and O–H groups in total. The summed E-state index contributed by atoms with van der Waals surface area (Å²) < 4.78 is 14.0. The van der Waals surface area contributed by atoms with Crippen LogP contribution in [-0.4, -0.2) is 0 Å². The first-order valence-corrected chi connectivity index (χ1v) is 6.47. The fourth-order valence-corrected chi connectivity index (χ4v) is 2.44. The zero-order chi connectivity index (χ0) is 12.4. The number of hydrogen-bond acceptors (Lipinski definition) is 0. The topological polar surface area (TPSA) is 0 Å². The Balaban J connectivity index is 2.40. The highest BCUT2D eigenvalue weighted by atomic mass is 79.9. The Morgan fingerprint density at radius 1 is 1.00 bits per heavy atom. The predicted molar refractivity (Wildman–Crippen MR) is 73.1 cm³/mol. The molecule has 2 aromatic carbocycles. The molecule has 2 heteroatoms. The number of aryl methyl sites for hydroxylation is 2. The van der Waals surface area contributed by atoms with E-state index in [0.29, 0.717) is 11.1 Å². The van der Waals surface area contributed by atoms with E-state index in [2.05, 4.69) is 15.9 Å². The maximum atomic E-state index is 14.0. The van der Waals surface area contributed by atoms with Crippen molar-refractivity contribution in [3.8, 4) is 0 Å². The zero-order valence-electron chi connectivity index (χ0n) is 9.87. The van der Waals surface area contributed by atoms with Crippen molar-refractivity contribution in [1.82, 2.24) is 0 Å². The van der Waals surface area contributed by atoms with Gasteiger partial charge in [0, 0.05) is 5.56 Å². The summed E-state index contributed by atoms with van der Waals surface area (Å²) in [5.74, 6) is -0.130. The average molecular weight is 293 g/mol. The Hall–Kier alpha value is -1.15. The molecule has 88 valence electrons. The first kappa shape index (κ1) is 12.3. The van der Waals surface area contributed by atoms with Gasteiger partial charge in [0.2, 0.25) is 0 Å². The van der Waals surface area contributed by atoms with E-state index in [0.717, 1.165) is 5.56 Å². The molecule has 1 unspecified atom stereocenters. The Bertz CT molecular complexity index is 517. The highest BCUT2D eigenvalue weighted by Crippen LogP contribution is 2.33. The second kappa shape index (κ2) is 5.01. The fourth-order valence-electron chi connectivity index (χ4n) is 1.78. The third-order valence-corrected chi connectivity index (χ3v) is 3.89. The zero-order valence-corrected chi connectivity index (χ0v) is 11.5. The lowest BCUT2D eigenvalue weighted by Gasteiger charge is -2.13. The van der Waals surface area contributed by atoms with Crippen LogP contribution in [0.5, 0.6) is 0 Å². The molecule has 17 heavy (non-hydrogen) atoms. The van der Waals surface area contributed by atoms with E-state index in [-0.39, 0.29) is 10.6 Å². The van der Waals surface area contributed by atoms with Crippen LogP contribution in [0.3, 0.4) is 0 Å². The molecule has 0 amide bonds. The van der Waals surface area contributed by atoms with Crippen molar-refractivity contribution in [2.24, 2.45) is 0 Å². The van der Waals surface area contributed by atoms with Gasteiger partial charge in [0.1, 0.15) is 5.82 Å². The van der Waals surface area contributed by atoms with E-state index in [9.17, 15) is 4.39 Å². The first-order chi connectivity index (χ1) is 8.09. The standard InChI is InChI=1S/C15H14BrF/c1-10-6-8-12(9-7-10)14(16)13-5-3-4-11(2)15(13)17/h3-9,14H,1-2H3. The van der Waals surface area contributed by atoms with Gasteiger partial charge < -0.3 is 0 Å². The van der Waals surface area contributed by atoms with Gasteiger partial charge in [-0.1, -0.05) is 64.0 Å². The summed E-state index contributed by atoms with van der Waals surface area (Å²) >= 11 is 3.56. The van der Waals surface area contributed by atoms with Crippen molar-refractivity contribution >= 4 is 15.9 Å². The Labute approximate surface area is 110 Å². The van der Waals surface area contributed by atoms with Gasteiger partial charge in [-0.15, -0.1) is 0 Å². The van der Waals surface area contributed by atoms with Gasteiger partial charge in [-0.2, -0.15) is 0 Å². The van der Waals surface area contributed by atoms with E-state index < -0.39 is 0 Å². The lowest BCUT2D eigenvalue weighted by molar-refractivity contribution is 0.604. The van der Waals surface area contributed by atoms with E-state index in [1.165, 1.54) is 5.56 Å². The molecule has 0 heterocycles. The van der Waals surface area contributed by atoms with Gasteiger partial charge in [0.25, 0.3) is 0 Å². The Morgan fingerprint density at radius 3 is 2.29 bits per heavy atom. The molecule has 0 aromatic heterocycles. The molecule has 0 saturated heterocycles. The fraction of sp³-hybridized carbons (Fsp3) is 0.200. The van der Waals surface area contributed by atoms with Crippen molar-refractivity contribution < 1.29 is 4.39 Å². The minimum Gasteiger partial charge on any atom is -0.206 e. The number of hydrogen-bond donors (Lipinski definition) is 0. The number of halogens is 2. The quantitative estimate of drug-likeness (QED) is 0.689. The van der Waals surface area contributed by atoms with Gasteiger partial charge in [-0.3, -0.25) is 0 Å². The lowest BCUT2D eigenvalue weighted by atomic mass is 10.0. The van der Waals surface area contributed by atoms with Crippen molar-refractivity contribution in [2.75, 3.05) is 0 Å². The number of alkyl halides is 1. The normalized spacial score (nSPS) is 12.5. The molecule has 0 nitrogen and oxygen atoms in total. The molecule has 0 aliphatic carbocycles. The lowest BCUT2D eigenvalue weighted by Crippen LogP contribution is -1.98. The van der Waals surface area contributed by atoms with Crippen molar-refractivity contribution in [2.45, 2.75) is 18.7 Å². The number of benzene rings is 2. The van der Waals surface area contributed by atoms with Gasteiger partial charge in [-0.05, 0) is 25.0 Å².